The molecule has 13 heteroatoms. The minimum atomic E-state index is -5.84. The Labute approximate surface area is 135 Å². The van der Waals surface area contributed by atoms with Crippen molar-refractivity contribution in [1.29, 1.82) is 0 Å². The second-order valence-corrected chi connectivity index (χ2v) is 7.28. The molecule has 0 aliphatic heterocycles. The van der Waals surface area contributed by atoms with Crippen LogP contribution in [-0.2, 0) is 27.8 Å². The van der Waals surface area contributed by atoms with Crippen molar-refractivity contribution in [3.05, 3.63) is 0 Å². The highest BCUT2D eigenvalue weighted by atomic mass is 32.2. The summed E-state index contributed by atoms with van der Waals surface area (Å²) in [6.45, 7) is 8.36. The fourth-order valence-electron chi connectivity index (χ4n) is 1.06. The Kier molecular flexibility index (Phi) is 13.2. The van der Waals surface area contributed by atoms with E-state index < -0.39 is 24.7 Å². The van der Waals surface area contributed by atoms with Gasteiger partial charge in [-0.25, -0.2) is 0 Å². The molecule has 0 aromatic heterocycles. The van der Waals surface area contributed by atoms with Gasteiger partial charge in [0.25, 0.3) is 0 Å². The molecule has 0 atom stereocenters. The van der Waals surface area contributed by atoms with Crippen LogP contribution in [0.15, 0.2) is 0 Å². The summed E-state index contributed by atoms with van der Waals surface area (Å²) in [6.07, 6.45) is 0.780. The predicted molar refractivity (Wildman–Crippen MR) is 77.9 cm³/mol. The molecule has 0 aliphatic rings. The van der Waals surface area contributed by atoms with Gasteiger partial charge in [0.05, 0.1) is 0 Å². The van der Waals surface area contributed by atoms with Crippen molar-refractivity contribution >= 4 is 19.2 Å². The van der Waals surface area contributed by atoms with Crippen LogP contribution in [0.3, 0.4) is 0 Å². The smallest absolute Gasteiger partial charge is 0.351 e. The largest absolute Gasteiger partial charge is 0.679 e. The van der Waals surface area contributed by atoms with E-state index in [1.807, 2.05) is 20.8 Å². The second-order valence-electron chi connectivity index (χ2n) is 3.71. The molecule has 0 rings (SSSR count). The highest BCUT2D eigenvalue weighted by molar-refractivity contribution is 7.86. The van der Waals surface area contributed by atoms with Crippen LogP contribution in [0.5, 0.6) is 0 Å². The standard InChI is InChI=1S/C9H23NO4Si.CHF3O3S/c1-4-11-15(12-5-2,13-6-3)14-9-7-8-10;2-1(3,4)8(5,6)7/h4-10H2,1-3H3;(H,5,6,7). The van der Waals surface area contributed by atoms with Crippen LogP contribution in [0.2, 0.25) is 0 Å². The fourth-order valence-corrected chi connectivity index (χ4v) is 3.02. The lowest BCUT2D eigenvalue weighted by atomic mass is 10.5. The molecule has 23 heavy (non-hydrogen) atoms. The minimum Gasteiger partial charge on any atom is -0.351 e. The highest BCUT2D eigenvalue weighted by Crippen LogP contribution is 2.20. The first-order valence-corrected chi connectivity index (χ1v) is 9.86. The second kappa shape index (κ2) is 12.1. The summed E-state index contributed by atoms with van der Waals surface area (Å²) in [5.41, 5.74) is -0.142. The SMILES string of the molecule is CCO[Si](OCC)(OCC)OCCCN.O=S(=O)(O)C(F)(F)F. The molecular weight excluding hydrogens is 363 g/mol. The lowest BCUT2D eigenvalue weighted by molar-refractivity contribution is -0.0510. The monoisotopic (exact) mass is 387 g/mol. The Morgan fingerprint density at radius 1 is 1.00 bits per heavy atom. The van der Waals surface area contributed by atoms with Gasteiger partial charge >= 0.3 is 24.7 Å². The Morgan fingerprint density at radius 3 is 1.57 bits per heavy atom. The summed E-state index contributed by atoms with van der Waals surface area (Å²) in [7, 11) is -8.73. The van der Waals surface area contributed by atoms with E-state index in [4.69, 9.17) is 36.4 Å². The molecule has 0 heterocycles. The van der Waals surface area contributed by atoms with E-state index in [9.17, 15) is 13.2 Å². The maximum atomic E-state index is 10.7. The molecule has 0 saturated heterocycles. The van der Waals surface area contributed by atoms with Crippen molar-refractivity contribution in [1.82, 2.24) is 0 Å². The maximum Gasteiger partial charge on any atom is 0.679 e. The molecule has 0 aromatic rings. The average Bonchev–Trinajstić information content (AvgIpc) is 2.38. The van der Waals surface area contributed by atoms with Crippen LogP contribution in [0.1, 0.15) is 27.2 Å². The number of rotatable bonds is 10. The molecule has 0 aliphatic carbocycles. The summed E-state index contributed by atoms with van der Waals surface area (Å²) >= 11 is 0. The molecule has 0 amide bonds. The van der Waals surface area contributed by atoms with Gasteiger partial charge in [0, 0.05) is 26.4 Å². The number of nitrogens with two attached hydrogens (primary N) is 1. The van der Waals surface area contributed by atoms with E-state index in [0.717, 1.165) is 6.42 Å². The van der Waals surface area contributed by atoms with Gasteiger partial charge < -0.3 is 23.4 Å². The van der Waals surface area contributed by atoms with Gasteiger partial charge in [-0.2, -0.15) is 21.6 Å². The topological polar surface area (TPSA) is 117 Å². The Balaban J connectivity index is 0. The number of hydrogen-bond donors (Lipinski definition) is 2. The molecule has 0 radical (unpaired) electrons. The van der Waals surface area contributed by atoms with Crippen LogP contribution >= 0.6 is 0 Å². The van der Waals surface area contributed by atoms with Crippen molar-refractivity contribution < 1.29 is 43.8 Å². The molecule has 0 spiro atoms. The predicted octanol–water partition coefficient (Wildman–Crippen LogP) is 1.29. The molecular formula is C10H24F3NO7SSi. The van der Waals surface area contributed by atoms with E-state index in [1.54, 1.807) is 0 Å². The van der Waals surface area contributed by atoms with Crippen molar-refractivity contribution in [2.24, 2.45) is 5.73 Å². The van der Waals surface area contributed by atoms with Gasteiger partial charge in [-0.15, -0.1) is 0 Å². The van der Waals surface area contributed by atoms with Crippen LogP contribution in [0, 0.1) is 0 Å². The van der Waals surface area contributed by atoms with E-state index in [2.05, 4.69) is 0 Å². The van der Waals surface area contributed by atoms with E-state index in [1.165, 1.54) is 0 Å². The average molecular weight is 387 g/mol. The van der Waals surface area contributed by atoms with Crippen molar-refractivity contribution in [2.75, 3.05) is 33.0 Å². The lowest BCUT2D eigenvalue weighted by Crippen LogP contribution is -2.49. The van der Waals surface area contributed by atoms with Crippen molar-refractivity contribution in [2.45, 2.75) is 32.7 Å². The van der Waals surface area contributed by atoms with E-state index in [-0.39, 0.29) is 0 Å². The summed E-state index contributed by atoms with van der Waals surface area (Å²) in [4.78, 5) is 0. The van der Waals surface area contributed by atoms with Crippen LogP contribution in [-0.4, -0.2) is 60.5 Å². The zero-order chi connectivity index (χ0) is 18.6. The van der Waals surface area contributed by atoms with Crippen molar-refractivity contribution in [3.8, 4) is 0 Å². The van der Waals surface area contributed by atoms with Gasteiger partial charge in [-0.05, 0) is 33.7 Å². The minimum absolute atomic E-state index is 0.517. The first-order chi connectivity index (χ1) is 10.5. The summed E-state index contributed by atoms with van der Waals surface area (Å²) in [6, 6.07) is 0. The van der Waals surface area contributed by atoms with E-state index in [0.29, 0.717) is 33.0 Å². The van der Waals surface area contributed by atoms with Gasteiger partial charge in [0.1, 0.15) is 0 Å². The van der Waals surface area contributed by atoms with Crippen LogP contribution in [0.4, 0.5) is 13.2 Å². The van der Waals surface area contributed by atoms with Gasteiger partial charge in [-0.3, -0.25) is 4.55 Å². The summed E-state index contributed by atoms with van der Waals surface area (Å²) in [5, 5.41) is 0. The summed E-state index contributed by atoms with van der Waals surface area (Å²) in [5.74, 6) is 0. The third-order valence-electron chi connectivity index (χ3n) is 1.88. The molecule has 0 aromatic carbocycles. The molecule has 0 bridgehead atoms. The fraction of sp³-hybridized carbons (Fsp3) is 1.00. The quantitative estimate of drug-likeness (QED) is 0.249. The number of hydrogen-bond acceptors (Lipinski definition) is 7. The number of alkyl halides is 3. The lowest BCUT2D eigenvalue weighted by Gasteiger charge is -2.26. The first kappa shape index (κ1) is 25.0. The Morgan fingerprint density at radius 2 is 1.35 bits per heavy atom. The summed E-state index contributed by atoms with van der Waals surface area (Å²) < 4.78 is 79.6. The van der Waals surface area contributed by atoms with Gasteiger partial charge in [0.15, 0.2) is 0 Å². The van der Waals surface area contributed by atoms with Crippen LogP contribution in [0.25, 0.3) is 0 Å². The Bertz CT molecular complexity index is 377. The third kappa shape index (κ3) is 11.8. The zero-order valence-electron chi connectivity index (χ0n) is 13.3. The molecule has 0 saturated carbocycles. The molecule has 8 nitrogen and oxygen atoms in total. The van der Waals surface area contributed by atoms with Gasteiger partial charge in [0.2, 0.25) is 0 Å². The van der Waals surface area contributed by atoms with Crippen molar-refractivity contribution in [3.63, 3.8) is 0 Å². The first-order valence-electron chi connectivity index (χ1n) is 6.79. The molecule has 0 unspecified atom stereocenters. The van der Waals surface area contributed by atoms with E-state index >= 15 is 0 Å². The normalized spacial score (nSPS) is 12.7. The Hall–Kier alpha value is -0.283. The van der Waals surface area contributed by atoms with Crippen LogP contribution < -0.4 is 5.73 Å². The maximum absolute atomic E-state index is 10.7. The zero-order valence-corrected chi connectivity index (χ0v) is 15.1. The highest BCUT2D eigenvalue weighted by Gasteiger charge is 2.45. The molecule has 3 N–H and O–H groups in total. The molecule has 0 fully saturated rings. The third-order valence-corrected chi connectivity index (χ3v) is 4.95. The van der Waals surface area contributed by atoms with Gasteiger partial charge in [-0.1, -0.05) is 0 Å². The number of halogens is 3. The molecule has 142 valence electrons.